The van der Waals surface area contributed by atoms with E-state index in [0.717, 1.165) is 0 Å². The fraction of sp³-hybridized carbons (Fsp3) is 0.111. The summed E-state index contributed by atoms with van der Waals surface area (Å²) in [5, 5.41) is 7.06. The molecule has 3 rings (SSSR count). The highest BCUT2D eigenvalue weighted by Crippen LogP contribution is 2.23. The average Bonchev–Trinajstić information content (AvgIpc) is 2.88. The Morgan fingerprint density at radius 3 is 2.56 bits per heavy atom. The van der Waals surface area contributed by atoms with Gasteiger partial charge in [-0.25, -0.2) is 13.5 Å². The number of nitrogens with zero attached hydrogens (tertiary/aromatic N) is 2. The molecular weight excluding hydrogens is 348 g/mol. The van der Waals surface area contributed by atoms with Gasteiger partial charge in [0, 0.05) is 6.54 Å². The molecule has 25 heavy (non-hydrogen) atoms. The zero-order valence-corrected chi connectivity index (χ0v) is 14.0. The van der Waals surface area contributed by atoms with E-state index in [9.17, 15) is 13.6 Å². The van der Waals surface area contributed by atoms with E-state index in [2.05, 4.69) is 10.4 Å². The third kappa shape index (κ3) is 3.69. The normalized spacial score (nSPS) is 10.7. The summed E-state index contributed by atoms with van der Waals surface area (Å²) in [6.45, 7) is 1.82. The Morgan fingerprint density at radius 2 is 1.88 bits per heavy atom. The molecule has 0 aliphatic heterocycles. The van der Waals surface area contributed by atoms with Crippen LogP contribution >= 0.6 is 11.6 Å². The van der Waals surface area contributed by atoms with Crippen LogP contribution in [0.4, 0.5) is 8.78 Å². The van der Waals surface area contributed by atoms with Crippen LogP contribution in [0.25, 0.3) is 5.69 Å². The summed E-state index contributed by atoms with van der Waals surface area (Å²) >= 11 is 6.29. The molecule has 1 N–H and O–H groups in total. The van der Waals surface area contributed by atoms with Crippen molar-refractivity contribution in [3.05, 3.63) is 82.1 Å². The van der Waals surface area contributed by atoms with E-state index in [0.29, 0.717) is 16.9 Å². The second-order valence-electron chi connectivity index (χ2n) is 5.45. The molecule has 0 radical (unpaired) electrons. The van der Waals surface area contributed by atoms with Gasteiger partial charge in [0.25, 0.3) is 5.91 Å². The van der Waals surface area contributed by atoms with Crippen LogP contribution < -0.4 is 5.32 Å². The summed E-state index contributed by atoms with van der Waals surface area (Å²) in [4.78, 5) is 12.4. The first-order chi connectivity index (χ1) is 12.0. The van der Waals surface area contributed by atoms with E-state index in [-0.39, 0.29) is 28.9 Å². The molecule has 1 aromatic heterocycles. The van der Waals surface area contributed by atoms with Crippen molar-refractivity contribution in [3.8, 4) is 5.69 Å². The van der Waals surface area contributed by atoms with E-state index >= 15 is 0 Å². The molecule has 0 saturated heterocycles. The monoisotopic (exact) mass is 361 g/mol. The number of halogens is 3. The third-order valence-electron chi connectivity index (χ3n) is 3.64. The summed E-state index contributed by atoms with van der Waals surface area (Å²) in [7, 11) is 0. The van der Waals surface area contributed by atoms with Crippen LogP contribution in [0.2, 0.25) is 5.15 Å². The molecule has 0 saturated carbocycles. The smallest absolute Gasteiger partial charge is 0.256 e. The molecule has 0 unspecified atom stereocenters. The van der Waals surface area contributed by atoms with E-state index in [1.54, 1.807) is 19.1 Å². The molecule has 1 amide bonds. The molecule has 0 aliphatic rings. The largest absolute Gasteiger partial charge is 0.348 e. The Hall–Kier alpha value is -2.73. The number of nitrogens with one attached hydrogen (secondary N) is 1. The molecule has 4 nitrogen and oxygen atoms in total. The number of aryl methyl sites for hydroxylation is 1. The molecule has 128 valence electrons. The molecular formula is C18H14ClF2N3O. The van der Waals surface area contributed by atoms with Crippen molar-refractivity contribution in [2.24, 2.45) is 0 Å². The molecule has 0 atom stereocenters. The van der Waals surface area contributed by atoms with E-state index in [1.807, 2.05) is 0 Å². The standard InChI is InChI=1S/C18H14ClF2N3O/c1-11-16(18(25)22-10-12-3-2-4-14(21)9-12)17(19)24(23-11)15-7-5-13(20)6-8-15/h2-9H,10H2,1H3,(H,22,25). The summed E-state index contributed by atoms with van der Waals surface area (Å²) in [5.41, 5.74) is 1.83. The lowest BCUT2D eigenvalue weighted by molar-refractivity contribution is 0.0950. The van der Waals surface area contributed by atoms with Gasteiger partial charge < -0.3 is 5.32 Å². The van der Waals surface area contributed by atoms with Crippen LogP contribution in [-0.4, -0.2) is 15.7 Å². The number of benzene rings is 2. The first-order valence-corrected chi connectivity index (χ1v) is 7.87. The number of hydrogen-bond donors (Lipinski definition) is 1. The average molecular weight is 362 g/mol. The Balaban J connectivity index is 1.82. The van der Waals surface area contributed by atoms with Gasteiger partial charge in [0.05, 0.1) is 16.9 Å². The minimum Gasteiger partial charge on any atom is -0.348 e. The van der Waals surface area contributed by atoms with Crippen molar-refractivity contribution in [3.63, 3.8) is 0 Å². The number of carbonyl (C=O) groups excluding carboxylic acids is 1. The van der Waals surface area contributed by atoms with Crippen LogP contribution in [-0.2, 0) is 6.54 Å². The molecule has 0 spiro atoms. The van der Waals surface area contributed by atoms with Gasteiger partial charge in [0.1, 0.15) is 16.8 Å². The van der Waals surface area contributed by atoms with Crippen LogP contribution in [0.1, 0.15) is 21.6 Å². The minimum atomic E-state index is -0.417. The van der Waals surface area contributed by atoms with Crippen molar-refractivity contribution in [1.29, 1.82) is 0 Å². The lowest BCUT2D eigenvalue weighted by atomic mass is 10.2. The lowest BCUT2D eigenvalue weighted by Gasteiger charge is -2.06. The lowest BCUT2D eigenvalue weighted by Crippen LogP contribution is -2.23. The van der Waals surface area contributed by atoms with Gasteiger partial charge in [-0.15, -0.1) is 0 Å². The fourth-order valence-corrected chi connectivity index (χ4v) is 2.79. The quantitative estimate of drug-likeness (QED) is 0.762. The van der Waals surface area contributed by atoms with Gasteiger partial charge in [-0.3, -0.25) is 4.79 Å². The summed E-state index contributed by atoms with van der Waals surface area (Å²) < 4.78 is 27.6. The molecule has 0 aliphatic carbocycles. The first kappa shape index (κ1) is 17.1. The van der Waals surface area contributed by atoms with E-state index in [4.69, 9.17) is 11.6 Å². The zero-order valence-electron chi connectivity index (χ0n) is 13.3. The van der Waals surface area contributed by atoms with Crippen molar-refractivity contribution >= 4 is 17.5 Å². The van der Waals surface area contributed by atoms with Gasteiger partial charge in [-0.2, -0.15) is 5.10 Å². The number of rotatable bonds is 4. The van der Waals surface area contributed by atoms with Crippen molar-refractivity contribution < 1.29 is 13.6 Å². The predicted molar refractivity (Wildman–Crippen MR) is 90.8 cm³/mol. The Kier molecular flexibility index (Phi) is 4.81. The molecule has 7 heteroatoms. The molecule has 2 aromatic carbocycles. The Morgan fingerprint density at radius 1 is 1.16 bits per heavy atom. The topological polar surface area (TPSA) is 46.9 Å². The van der Waals surface area contributed by atoms with Crippen molar-refractivity contribution in [2.45, 2.75) is 13.5 Å². The van der Waals surface area contributed by atoms with Crippen LogP contribution in [0, 0.1) is 18.6 Å². The maximum absolute atomic E-state index is 13.2. The first-order valence-electron chi connectivity index (χ1n) is 7.49. The maximum atomic E-state index is 13.2. The highest BCUT2D eigenvalue weighted by Gasteiger charge is 2.21. The Labute approximate surface area is 148 Å². The molecule has 3 aromatic rings. The number of carbonyl (C=O) groups is 1. The highest BCUT2D eigenvalue weighted by molar-refractivity contribution is 6.33. The fourth-order valence-electron chi connectivity index (χ4n) is 2.43. The number of hydrogen-bond acceptors (Lipinski definition) is 2. The second-order valence-corrected chi connectivity index (χ2v) is 5.81. The minimum absolute atomic E-state index is 0.126. The predicted octanol–water partition coefficient (Wildman–Crippen LogP) is 4.04. The van der Waals surface area contributed by atoms with Gasteiger partial charge in [-0.05, 0) is 48.9 Å². The van der Waals surface area contributed by atoms with E-state index < -0.39 is 5.91 Å². The second kappa shape index (κ2) is 7.03. The summed E-state index contributed by atoms with van der Waals surface area (Å²) in [5.74, 6) is -1.16. The van der Waals surface area contributed by atoms with Gasteiger partial charge in [0.2, 0.25) is 0 Å². The molecule has 0 fully saturated rings. The summed E-state index contributed by atoms with van der Waals surface area (Å²) in [6.07, 6.45) is 0. The van der Waals surface area contributed by atoms with Gasteiger partial charge >= 0.3 is 0 Å². The SMILES string of the molecule is Cc1nn(-c2ccc(F)cc2)c(Cl)c1C(=O)NCc1cccc(F)c1. The molecule has 1 heterocycles. The Bertz CT molecular complexity index is 923. The maximum Gasteiger partial charge on any atom is 0.256 e. The number of aromatic nitrogens is 2. The van der Waals surface area contributed by atoms with E-state index in [1.165, 1.54) is 41.1 Å². The van der Waals surface area contributed by atoms with Crippen LogP contribution in [0.3, 0.4) is 0 Å². The highest BCUT2D eigenvalue weighted by atomic mass is 35.5. The zero-order chi connectivity index (χ0) is 18.0. The third-order valence-corrected chi connectivity index (χ3v) is 3.99. The number of amides is 1. The van der Waals surface area contributed by atoms with Crippen LogP contribution in [0.5, 0.6) is 0 Å². The summed E-state index contributed by atoms with van der Waals surface area (Å²) in [6, 6.07) is 11.6. The van der Waals surface area contributed by atoms with Crippen LogP contribution in [0.15, 0.2) is 48.5 Å². The van der Waals surface area contributed by atoms with Crippen molar-refractivity contribution in [2.75, 3.05) is 0 Å². The van der Waals surface area contributed by atoms with Gasteiger partial charge in [0.15, 0.2) is 0 Å². The molecule has 0 bridgehead atoms. The van der Waals surface area contributed by atoms with Crippen molar-refractivity contribution in [1.82, 2.24) is 15.1 Å². The van der Waals surface area contributed by atoms with Gasteiger partial charge in [-0.1, -0.05) is 23.7 Å².